The normalized spacial score (nSPS) is 25.3. The van der Waals surface area contributed by atoms with Crippen LogP contribution in [0.25, 0.3) is 0 Å². The van der Waals surface area contributed by atoms with E-state index < -0.39 is 11.6 Å². The number of allylic oxidation sites excluding steroid dienone is 1. The summed E-state index contributed by atoms with van der Waals surface area (Å²) in [4.78, 5) is 25.7. The van der Waals surface area contributed by atoms with Crippen LogP contribution >= 0.6 is 0 Å². The van der Waals surface area contributed by atoms with Crippen LogP contribution in [0.5, 0.6) is 0 Å². The molecule has 3 rings (SSSR count). The van der Waals surface area contributed by atoms with E-state index in [1.807, 2.05) is 24.3 Å². The van der Waals surface area contributed by atoms with E-state index >= 15 is 0 Å². The first kappa shape index (κ1) is 13.7. The van der Waals surface area contributed by atoms with Gasteiger partial charge in [-0.05, 0) is 13.0 Å². The van der Waals surface area contributed by atoms with Crippen molar-refractivity contribution in [3.8, 4) is 0 Å². The first-order valence-corrected chi connectivity index (χ1v) is 7.02. The molecule has 0 aromatic heterocycles. The second-order valence-electron chi connectivity index (χ2n) is 5.17. The number of carbonyl (C=O) groups is 2. The van der Waals surface area contributed by atoms with Crippen molar-refractivity contribution in [2.24, 2.45) is 0 Å². The van der Waals surface area contributed by atoms with Crippen LogP contribution in [0.15, 0.2) is 36.1 Å². The van der Waals surface area contributed by atoms with Gasteiger partial charge in [-0.2, -0.15) is 0 Å². The molecule has 5 nitrogen and oxygen atoms in total. The molecule has 1 aromatic rings. The number of carbonyl (C=O) groups excluding carboxylic acids is 2. The van der Waals surface area contributed by atoms with Gasteiger partial charge in [0, 0.05) is 25.5 Å². The summed E-state index contributed by atoms with van der Waals surface area (Å²) in [6.07, 6.45) is 2.43. The highest BCUT2D eigenvalue weighted by molar-refractivity contribution is 6.07. The number of fused-ring (bicyclic) bond motifs is 2. The molecule has 110 valence electrons. The highest BCUT2D eigenvalue weighted by atomic mass is 16.5. The Hall–Kier alpha value is -2.30. The van der Waals surface area contributed by atoms with Crippen LogP contribution in [-0.2, 0) is 24.7 Å². The quantitative estimate of drug-likeness (QED) is 0.617. The van der Waals surface area contributed by atoms with Gasteiger partial charge >= 0.3 is 5.97 Å². The Bertz CT molecular complexity index is 637. The van der Waals surface area contributed by atoms with Gasteiger partial charge in [0.05, 0.1) is 18.4 Å². The smallest absolute Gasteiger partial charge is 0.334 e. The standard InChI is InChI=1S/C16H17NO4/c1-3-20-14(18)10-11-8-9-16(21-11)12-6-4-5-7-13(12)17(2)15(16)19/h4-7,10H,3,8-9H2,1-2H3/b11-10+. The lowest BCUT2D eigenvalue weighted by atomic mass is 9.92. The zero-order valence-electron chi connectivity index (χ0n) is 12.1. The fraction of sp³-hybridized carbons (Fsp3) is 0.375. The molecule has 0 N–H and O–H groups in total. The largest absolute Gasteiger partial charge is 0.477 e. The molecular formula is C16H17NO4. The monoisotopic (exact) mass is 287 g/mol. The number of benzene rings is 1. The first-order chi connectivity index (χ1) is 10.1. The fourth-order valence-electron chi connectivity index (χ4n) is 2.99. The van der Waals surface area contributed by atoms with Gasteiger partial charge in [-0.25, -0.2) is 4.79 Å². The third kappa shape index (κ3) is 2.00. The number of nitrogens with zero attached hydrogens (tertiary/aromatic N) is 1. The van der Waals surface area contributed by atoms with Crippen molar-refractivity contribution in [1.82, 2.24) is 0 Å². The molecule has 0 saturated carbocycles. The molecule has 21 heavy (non-hydrogen) atoms. The third-order valence-electron chi connectivity index (χ3n) is 3.94. The highest BCUT2D eigenvalue weighted by Crippen LogP contribution is 2.50. The lowest BCUT2D eigenvalue weighted by Crippen LogP contribution is -2.37. The first-order valence-electron chi connectivity index (χ1n) is 7.02. The Balaban J connectivity index is 1.94. The highest BCUT2D eigenvalue weighted by Gasteiger charge is 2.54. The number of hydrogen-bond acceptors (Lipinski definition) is 4. The summed E-state index contributed by atoms with van der Waals surface area (Å²) in [6.45, 7) is 2.07. The molecular weight excluding hydrogens is 270 g/mol. The summed E-state index contributed by atoms with van der Waals surface area (Å²) in [5.74, 6) is -0.0144. The molecule has 2 aliphatic rings. The lowest BCUT2D eigenvalue weighted by molar-refractivity contribution is -0.139. The minimum atomic E-state index is -0.982. The van der Waals surface area contributed by atoms with Crippen LogP contribution in [0.3, 0.4) is 0 Å². The SMILES string of the molecule is CCOC(=O)/C=C1\CCC2(O1)C(=O)N(C)c1ccccc12. The Morgan fingerprint density at radius 2 is 2.24 bits per heavy atom. The van der Waals surface area contributed by atoms with Crippen molar-refractivity contribution >= 4 is 17.6 Å². The van der Waals surface area contributed by atoms with Gasteiger partial charge in [0.25, 0.3) is 5.91 Å². The van der Waals surface area contributed by atoms with Crippen LogP contribution in [0, 0.1) is 0 Å². The number of rotatable bonds is 2. The van der Waals surface area contributed by atoms with E-state index in [1.165, 1.54) is 6.08 Å². The molecule has 2 aliphatic heterocycles. The zero-order chi connectivity index (χ0) is 15.0. The molecule has 2 heterocycles. The predicted molar refractivity (Wildman–Crippen MR) is 76.6 cm³/mol. The summed E-state index contributed by atoms with van der Waals surface area (Å²) in [5, 5.41) is 0. The number of amides is 1. The molecule has 1 atom stereocenters. The summed E-state index contributed by atoms with van der Waals surface area (Å²) < 4.78 is 10.8. The van der Waals surface area contributed by atoms with Crippen LogP contribution < -0.4 is 4.90 Å². The Labute approximate surface area is 123 Å². The zero-order valence-corrected chi connectivity index (χ0v) is 12.1. The molecule has 0 radical (unpaired) electrons. The fourth-order valence-corrected chi connectivity index (χ4v) is 2.99. The van der Waals surface area contributed by atoms with Crippen molar-refractivity contribution in [3.63, 3.8) is 0 Å². The number of esters is 1. The van der Waals surface area contributed by atoms with Crippen LogP contribution in [0.1, 0.15) is 25.3 Å². The van der Waals surface area contributed by atoms with E-state index in [4.69, 9.17) is 9.47 Å². The molecule has 5 heteroatoms. The summed E-state index contributed by atoms with van der Waals surface area (Å²) in [7, 11) is 1.74. The maximum atomic E-state index is 12.6. The van der Waals surface area contributed by atoms with Gasteiger partial charge < -0.3 is 14.4 Å². The van der Waals surface area contributed by atoms with Gasteiger partial charge in [0.1, 0.15) is 5.76 Å². The molecule has 1 fully saturated rings. The number of ether oxygens (including phenoxy) is 2. The Morgan fingerprint density at radius 1 is 1.48 bits per heavy atom. The third-order valence-corrected chi connectivity index (χ3v) is 3.94. The van der Waals surface area contributed by atoms with E-state index in [1.54, 1.807) is 18.9 Å². The van der Waals surface area contributed by atoms with Gasteiger partial charge in [0.15, 0.2) is 0 Å². The van der Waals surface area contributed by atoms with E-state index in [0.29, 0.717) is 25.2 Å². The average Bonchev–Trinajstić information content (AvgIpc) is 2.98. The van der Waals surface area contributed by atoms with Gasteiger partial charge in [0.2, 0.25) is 5.60 Å². The number of para-hydroxylation sites is 1. The van der Waals surface area contributed by atoms with Crippen molar-refractivity contribution in [1.29, 1.82) is 0 Å². The molecule has 0 bridgehead atoms. The molecule has 1 saturated heterocycles. The topological polar surface area (TPSA) is 55.8 Å². The second-order valence-corrected chi connectivity index (χ2v) is 5.17. The van der Waals surface area contributed by atoms with Crippen LogP contribution in [-0.4, -0.2) is 25.5 Å². The van der Waals surface area contributed by atoms with E-state index in [0.717, 1.165) is 11.3 Å². The number of anilines is 1. The molecule has 1 spiro atoms. The van der Waals surface area contributed by atoms with E-state index in [9.17, 15) is 9.59 Å². The predicted octanol–water partition coefficient (Wildman–Crippen LogP) is 2.12. The summed E-state index contributed by atoms with van der Waals surface area (Å²) in [5.41, 5.74) is 0.744. The summed E-state index contributed by atoms with van der Waals surface area (Å²) in [6, 6.07) is 7.60. The van der Waals surface area contributed by atoms with Crippen LogP contribution in [0.4, 0.5) is 5.69 Å². The Morgan fingerprint density at radius 3 is 3.00 bits per heavy atom. The average molecular weight is 287 g/mol. The van der Waals surface area contributed by atoms with Crippen molar-refractivity contribution < 1.29 is 19.1 Å². The van der Waals surface area contributed by atoms with Crippen molar-refractivity contribution in [3.05, 3.63) is 41.7 Å². The van der Waals surface area contributed by atoms with Gasteiger partial charge in [-0.3, -0.25) is 4.79 Å². The van der Waals surface area contributed by atoms with Gasteiger partial charge in [-0.1, -0.05) is 18.2 Å². The maximum Gasteiger partial charge on any atom is 0.334 e. The minimum Gasteiger partial charge on any atom is -0.477 e. The van der Waals surface area contributed by atoms with E-state index in [-0.39, 0.29) is 5.91 Å². The Kier molecular flexibility index (Phi) is 3.20. The van der Waals surface area contributed by atoms with Crippen molar-refractivity contribution in [2.45, 2.75) is 25.4 Å². The molecule has 1 amide bonds. The summed E-state index contributed by atoms with van der Waals surface area (Å²) >= 11 is 0. The number of hydrogen-bond donors (Lipinski definition) is 0. The molecule has 0 aliphatic carbocycles. The van der Waals surface area contributed by atoms with Crippen molar-refractivity contribution in [2.75, 3.05) is 18.6 Å². The van der Waals surface area contributed by atoms with E-state index in [2.05, 4.69) is 0 Å². The molecule has 1 aromatic carbocycles. The maximum absolute atomic E-state index is 12.6. The number of likely N-dealkylation sites (N-methyl/N-ethyl adjacent to an activating group) is 1. The lowest BCUT2D eigenvalue weighted by Gasteiger charge is -2.22. The molecule has 1 unspecified atom stereocenters. The minimum absolute atomic E-state index is 0.0871. The van der Waals surface area contributed by atoms with Gasteiger partial charge in [-0.15, -0.1) is 0 Å². The second kappa shape index (κ2) is 4.91. The van der Waals surface area contributed by atoms with Crippen LogP contribution in [0.2, 0.25) is 0 Å².